The first-order valence-corrected chi connectivity index (χ1v) is 9.14. The van der Waals surface area contributed by atoms with Crippen LogP contribution in [0.15, 0.2) is 24.3 Å². The van der Waals surface area contributed by atoms with E-state index in [-0.39, 0.29) is 36.6 Å². The molecule has 0 radical (unpaired) electrons. The van der Waals surface area contributed by atoms with Crippen LogP contribution in [0.3, 0.4) is 0 Å². The van der Waals surface area contributed by atoms with Gasteiger partial charge in [0.2, 0.25) is 11.8 Å². The van der Waals surface area contributed by atoms with Crippen LogP contribution in [-0.4, -0.2) is 89.2 Å². The molecule has 0 aliphatic rings. The highest BCUT2D eigenvalue weighted by Crippen LogP contribution is 1.93. The molecule has 0 aromatic carbocycles. The first kappa shape index (κ1) is 34.4. The van der Waals surface area contributed by atoms with E-state index >= 15 is 0 Å². The number of rotatable bonds is 10. The van der Waals surface area contributed by atoms with E-state index in [2.05, 4.69) is 66.1 Å². The van der Waals surface area contributed by atoms with E-state index in [1.165, 1.54) is 0 Å². The van der Waals surface area contributed by atoms with Gasteiger partial charge in [0.15, 0.2) is 0 Å². The van der Waals surface area contributed by atoms with Crippen molar-refractivity contribution < 1.29 is 43.4 Å². The summed E-state index contributed by atoms with van der Waals surface area (Å²) < 4.78 is 1.87. The SMILES string of the molecule is C=C(C)C(=O)NCCC[N+](C)(C)C.C=C(C)C(=O)NCCC[N+](C)(C)C.[Cl-].[Cl-]. The lowest BCUT2D eigenvalue weighted by molar-refractivity contribution is -0.870. The van der Waals surface area contributed by atoms with E-state index < -0.39 is 0 Å². The number of hydrogen-bond acceptors (Lipinski definition) is 2. The van der Waals surface area contributed by atoms with Gasteiger partial charge < -0.3 is 44.4 Å². The molecule has 28 heavy (non-hydrogen) atoms. The van der Waals surface area contributed by atoms with Crippen LogP contribution in [0.25, 0.3) is 0 Å². The summed E-state index contributed by atoms with van der Waals surface area (Å²) in [6.07, 6.45) is 2.00. The largest absolute Gasteiger partial charge is 1.00 e. The van der Waals surface area contributed by atoms with Gasteiger partial charge in [0.25, 0.3) is 0 Å². The number of nitrogens with one attached hydrogen (secondary N) is 2. The molecule has 0 bridgehead atoms. The van der Waals surface area contributed by atoms with Gasteiger partial charge in [-0.05, 0) is 13.8 Å². The summed E-state index contributed by atoms with van der Waals surface area (Å²) in [5.41, 5.74) is 1.15. The third-order valence-corrected chi connectivity index (χ3v) is 3.36. The molecular formula is C20H42Cl2N4O2. The number of nitrogens with zero attached hydrogens (tertiary/aromatic N) is 2. The normalized spacial score (nSPS) is 10.3. The van der Waals surface area contributed by atoms with Gasteiger partial charge in [-0.3, -0.25) is 9.59 Å². The summed E-state index contributed by atoms with van der Waals surface area (Å²) in [4.78, 5) is 22.1. The van der Waals surface area contributed by atoms with Crippen molar-refractivity contribution in [1.82, 2.24) is 10.6 Å². The number of quaternary nitrogens is 2. The van der Waals surface area contributed by atoms with Crippen molar-refractivity contribution in [2.75, 3.05) is 68.5 Å². The molecule has 0 aromatic rings. The molecule has 6 nitrogen and oxygen atoms in total. The summed E-state index contributed by atoms with van der Waals surface area (Å²) in [5.74, 6) is -0.0807. The molecule has 2 N–H and O–H groups in total. The van der Waals surface area contributed by atoms with Gasteiger partial charge in [-0.1, -0.05) is 13.2 Å². The van der Waals surface area contributed by atoms with Crippen LogP contribution in [0.1, 0.15) is 26.7 Å². The molecule has 0 saturated carbocycles. The zero-order valence-electron chi connectivity index (χ0n) is 19.1. The van der Waals surface area contributed by atoms with Crippen molar-refractivity contribution in [2.45, 2.75) is 26.7 Å². The monoisotopic (exact) mass is 440 g/mol. The molecule has 0 rings (SSSR count). The van der Waals surface area contributed by atoms with Gasteiger partial charge in [-0.25, -0.2) is 0 Å². The Labute approximate surface area is 185 Å². The van der Waals surface area contributed by atoms with E-state index in [4.69, 9.17) is 0 Å². The molecule has 0 aliphatic heterocycles. The zero-order valence-corrected chi connectivity index (χ0v) is 20.6. The third-order valence-electron chi connectivity index (χ3n) is 3.36. The van der Waals surface area contributed by atoms with Gasteiger partial charge in [-0.2, -0.15) is 0 Å². The second kappa shape index (κ2) is 16.8. The minimum Gasteiger partial charge on any atom is -1.00 e. The molecule has 0 unspecified atom stereocenters. The summed E-state index contributed by atoms with van der Waals surface area (Å²) in [7, 11) is 12.8. The van der Waals surface area contributed by atoms with E-state index in [0.717, 1.165) is 48.0 Å². The maximum Gasteiger partial charge on any atom is 0.246 e. The van der Waals surface area contributed by atoms with Crippen molar-refractivity contribution in [3.05, 3.63) is 24.3 Å². The Balaban J connectivity index is -0.000000192. The lowest BCUT2D eigenvalue weighted by atomic mass is 10.3. The summed E-state index contributed by atoms with van der Waals surface area (Å²) in [5, 5.41) is 5.61. The predicted molar refractivity (Wildman–Crippen MR) is 111 cm³/mol. The maximum atomic E-state index is 11.1. The van der Waals surface area contributed by atoms with Crippen molar-refractivity contribution >= 4 is 11.8 Å². The maximum absolute atomic E-state index is 11.1. The van der Waals surface area contributed by atoms with E-state index in [1.54, 1.807) is 13.8 Å². The highest BCUT2D eigenvalue weighted by molar-refractivity contribution is 5.92. The van der Waals surface area contributed by atoms with Crippen LogP contribution in [0.4, 0.5) is 0 Å². The molecule has 0 atom stereocenters. The molecule has 2 amide bonds. The first-order chi connectivity index (χ1) is 11.7. The fourth-order valence-corrected chi connectivity index (χ4v) is 1.81. The van der Waals surface area contributed by atoms with Gasteiger partial charge in [0.1, 0.15) is 0 Å². The molecule has 0 saturated heterocycles. The summed E-state index contributed by atoms with van der Waals surface area (Å²) in [6.45, 7) is 14.2. The van der Waals surface area contributed by atoms with Crippen molar-refractivity contribution in [1.29, 1.82) is 0 Å². The Bertz CT molecular complexity index is 438. The van der Waals surface area contributed by atoms with Crippen LogP contribution in [0.5, 0.6) is 0 Å². The second-order valence-electron chi connectivity index (χ2n) is 8.81. The molecule has 0 aliphatic carbocycles. The number of carbonyl (C=O) groups excluding carboxylic acids is 2. The third kappa shape index (κ3) is 27.1. The summed E-state index contributed by atoms with van der Waals surface area (Å²) >= 11 is 0. The number of halogens is 2. The number of carbonyl (C=O) groups is 2. The topological polar surface area (TPSA) is 58.2 Å². The minimum atomic E-state index is -0.0404. The Kier molecular flexibility index (Phi) is 20.7. The Morgan fingerprint density at radius 2 is 0.929 bits per heavy atom. The van der Waals surface area contributed by atoms with E-state index in [9.17, 15) is 9.59 Å². The van der Waals surface area contributed by atoms with Gasteiger partial charge in [0, 0.05) is 37.1 Å². The average molecular weight is 441 g/mol. The van der Waals surface area contributed by atoms with Crippen molar-refractivity contribution in [3.63, 3.8) is 0 Å². The van der Waals surface area contributed by atoms with Crippen LogP contribution >= 0.6 is 0 Å². The zero-order chi connectivity index (χ0) is 21.0. The first-order valence-electron chi connectivity index (χ1n) is 9.14. The lowest BCUT2D eigenvalue weighted by Gasteiger charge is -2.23. The smallest absolute Gasteiger partial charge is 0.246 e. The molecular weight excluding hydrogens is 399 g/mol. The van der Waals surface area contributed by atoms with Crippen LogP contribution in [0, 0.1) is 0 Å². The second-order valence-corrected chi connectivity index (χ2v) is 8.81. The van der Waals surface area contributed by atoms with Gasteiger partial charge in [0.05, 0.1) is 55.4 Å². The number of amides is 2. The molecule has 0 fully saturated rings. The molecule has 8 heteroatoms. The Morgan fingerprint density at radius 3 is 1.11 bits per heavy atom. The molecule has 168 valence electrons. The highest BCUT2D eigenvalue weighted by atomic mass is 35.5. The number of hydrogen-bond donors (Lipinski definition) is 2. The standard InChI is InChI=1S/2C10H20N2O.2ClH/c2*1-9(2)10(13)11-7-6-8-12(3,4)5;;/h2*1,6-8H2,2-5H3;2*1H. The minimum absolute atomic E-state index is 0. The van der Waals surface area contributed by atoms with Gasteiger partial charge in [-0.15, -0.1) is 0 Å². The molecule has 0 aromatic heterocycles. The quantitative estimate of drug-likeness (QED) is 0.204. The highest BCUT2D eigenvalue weighted by Gasteiger charge is 2.07. The van der Waals surface area contributed by atoms with Crippen LogP contribution < -0.4 is 35.4 Å². The van der Waals surface area contributed by atoms with Crippen LogP contribution in [0.2, 0.25) is 0 Å². The van der Waals surface area contributed by atoms with Crippen molar-refractivity contribution in [2.24, 2.45) is 0 Å². The van der Waals surface area contributed by atoms with E-state index in [0.29, 0.717) is 11.1 Å². The Hall–Kier alpha value is -1.08. The fourth-order valence-electron chi connectivity index (χ4n) is 1.81. The molecule has 0 spiro atoms. The lowest BCUT2D eigenvalue weighted by Crippen LogP contribution is -3.00. The van der Waals surface area contributed by atoms with Gasteiger partial charge >= 0.3 is 0 Å². The van der Waals surface area contributed by atoms with Crippen LogP contribution in [-0.2, 0) is 9.59 Å². The van der Waals surface area contributed by atoms with E-state index in [1.807, 2.05) is 0 Å². The predicted octanol–water partition coefficient (Wildman–Crippen LogP) is -4.44. The average Bonchev–Trinajstić information content (AvgIpc) is 2.46. The van der Waals surface area contributed by atoms with Crippen molar-refractivity contribution in [3.8, 4) is 0 Å². The summed E-state index contributed by atoms with van der Waals surface area (Å²) in [6, 6.07) is 0. The molecule has 0 heterocycles. The Morgan fingerprint density at radius 1 is 0.679 bits per heavy atom. The fraction of sp³-hybridized carbons (Fsp3) is 0.700.